The summed E-state index contributed by atoms with van der Waals surface area (Å²) in [7, 11) is -3.92. The first-order valence-electron chi connectivity index (χ1n) is 10.2. The van der Waals surface area contributed by atoms with Crippen LogP contribution in [0.4, 0.5) is 0 Å². The van der Waals surface area contributed by atoms with E-state index in [0.717, 1.165) is 9.87 Å². The van der Waals surface area contributed by atoms with Crippen LogP contribution < -0.4 is 14.8 Å². The molecule has 3 aromatic rings. The van der Waals surface area contributed by atoms with Gasteiger partial charge in [-0.1, -0.05) is 29.8 Å². The molecule has 1 unspecified atom stereocenters. The zero-order valence-corrected chi connectivity index (χ0v) is 18.4. The summed E-state index contributed by atoms with van der Waals surface area (Å²) in [6, 6.07) is 17.1. The van der Waals surface area contributed by atoms with Crippen molar-refractivity contribution in [1.29, 1.82) is 0 Å². The average molecular weight is 457 g/mol. The monoisotopic (exact) mass is 456 g/mol. The Morgan fingerprint density at radius 1 is 1.06 bits per heavy atom. The third-order valence-electron chi connectivity index (χ3n) is 4.99. The number of nitrogens with one attached hydrogen (secondary N) is 1. The van der Waals surface area contributed by atoms with E-state index in [2.05, 4.69) is 5.32 Å². The number of benzene rings is 2. The predicted octanol–water partition coefficient (Wildman–Crippen LogP) is 2.74. The van der Waals surface area contributed by atoms with Gasteiger partial charge in [-0.2, -0.15) is 4.31 Å². The van der Waals surface area contributed by atoms with Crippen molar-refractivity contribution in [3.8, 4) is 11.5 Å². The molecule has 4 rings (SSSR count). The van der Waals surface area contributed by atoms with Crippen molar-refractivity contribution < 1.29 is 27.1 Å². The summed E-state index contributed by atoms with van der Waals surface area (Å²) < 4.78 is 44.3. The minimum Gasteiger partial charge on any atom is -0.486 e. The molecular formula is C23H24N2O6S. The largest absolute Gasteiger partial charge is 0.486 e. The number of nitrogens with zero attached hydrogens (tertiary/aromatic N) is 1. The number of aryl methyl sites for hydroxylation is 1. The Bertz CT molecular complexity index is 1160. The summed E-state index contributed by atoms with van der Waals surface area (Å²) in [4.78, 5) is 12.8. The van der Waals surface area contributed by atoms with E-state index >= 15 is 0 Å². The van der Waals surface area contributed by atoms with Gasteiger partial charge in [0.05, 0.1) is 30.8 Å². The highest BCUT2D eigenvalue weighted by atomic mass is 32.2. The molecule has 1 atom stereocenters. The molecule has 0 radical (unpaired) electrons. The summed E-state index contributed by atoms with van der Waals surface area (Å²) in [6.45, 7) is 1.93. The number of rotatable bonds is 8. The summed E-state index contributed by atoms with van der Waals surface area (Å²) in [5.41, 5.74) is 0.940. The van der Waals surface area contributed by atoms with E-state index in [9.17, 15) is 13.2 Å². The molecule has 1 aliphatic rings. The number of fused-ring (bicyclic) bond motifs is 1. The summed E-state index contributed by atoms with van der Waals surface area (Å²) in [6.07, 6.45) is 1.09. The van der Waals surface area contributed by atoms with E-state index in [1.54, 1.807) is 30.3 Å². The van der Waals surface area contributed by atoms with Crippen LogP contribution in [0.25, 0.3) is 0 Å². The van der Waals surface area contributed by atoms with Crippen LogP contribution in [0.2, 0.25) is 0 Å². The van der Waals surface area contributed by atoms with Gasteiger partial charge in [-0.05, 0) is 43.3 Å². The second-order valence-electron chi connectivity index (χ2n) is 7.47. The van der Waals surface area contributed by atoms with Crippen molar-refractivity contribution in [3.05, 3.63) is 78.3 Å². The highest BCUT2D eigenvalue weighted by Gasteiger charge is 2.28. The lowest BCUT2D eigenvalue weighted by Gasteiger charge is -2.27. The van der Waals surface area contributed by atoms with Crippen molar-refractivity contribution in [2.75, 3.05) is 19.7 Å². The van der Waals surface area contributed by atoms with E-state index in [-0.39, 0.29) is 37.2 Å². The van der Waals surface area contributed by atoms with Crippen LogP contribution in [0.5, 0.6) is 11.5 Å². The molecule has 0 aliphatic carbocycles. The zero-order chi connectivity index (χ0) is 22.6. The van der Waals surface area contributed by atoms with Crippen molar-refractivity contribution in [3.63, 3.8) is 0 Å². The molecule has 0 saturated carbocycles. The Morgan fingerprint density at radius 2 is 1.81 bits per heavy atom. The lowest BCUT2D eigenvalue weighted by atomic mass is 10.2. The zero-order valence-electron chi connectivity index (χ0n) is 17.6. The fourth-order valence-corrected chi connectivity index (χ4v) is 4.63. The lowest BCUT2D eigenvalue weighted by Crippen LogP contribution is -2.45. The number of carbonyl (C=O) groups is 1. The summed E-state index contributed by atoms with van der Waals surface area (Å²) >= 11 is 0. The van der Waals surface area contributed by atoms with Crippen LogP contribution in [0.1, 0.15) is 11.3 Å². The van der Waals surface area contributed by atoms with Crippen LogP contribution in [0.15, 0.2) is 76.2 Å². The molecule has 1 aromatic heterocycles. The molecule has 0 spiro atoms. The maximum Gasteiger partial charge on any atom is 0.243 e. The molecule has 0 bridgehead atoms. The van der Waals surface area contributed by atoms with Gasteiger partial charge < -0.3 is 19.2 Å². The van der Waals surface area contributed by atoms with Crippen LogP contribution in [0.3, 0.4) is 0 Å². The SMILES string of the molecule is Cc1ccc(S(=O)(=O)N(CC(=O)NCC2COc3ccccc3O2)Cc2ccco2)cc1. The highest BCUT2D eigenvalue weighted by Crippen LogP contribution is 2.30. The molecule has 0 saturated heterocycles. The molecule has 0 fully saturated rings. The van der Waals surface area contributed by atoms with E-state index in [1.165, 1.54) is 18.4 Å². The molecule has 1 amide bonds. The molecule has 8 nitrogen and oxygen atoms in total. The second-order valence-corrected chi connectivity index (χ2v) is 9.41. The highest BCUT2D eigenvalue weighted by molar-refractivity contribution is 7.89. The van der Waals surface area contributed by atoms with Crippen molar-refractivity contribution in [1.82, 2.24) is 9.62 Å². The molecule has 168 valence electrons. The second kappa shape index (κ2) is 9.46. The smallest absolute Gasteiger partial charge is 0.243 e. The van der Waals surface area contributed by atoms with Crippen molar-refractivity contribution in [2.24, 2.45) is 0 Å². The maximum atomic E-state index is 13.2. The molecule has 9 heteroatoms. The normalized spacial score (nSPS) is 15.5. The van der Waals surface area contributed by atoms with Gasteiger partial charge in [0.15, 0.2) is 11.5 Å². The Morgan fingerprint density at radius 3 is 2.53 bits per heavy atom. The van der Waals surface area contributed by atoms with Crippen LogP contribution in [-0.2, 0) is 21.4 Å². The van der Waals surface area contributed by atoms with Crippen molar-refractivity contribution in [2.45, 2.75) is 24.5 Å². The number of ether oxygens (including phenoxy) is 2. The molecule has 32 heavy (non-hydrogen) atoms. The molecule has 1 N–H and O–H groups in total. The van der Waals surface area contributed by atoms with Gasteiger partial charge in [0.25, 0.3) is 0 Å². The van der Waals surface area contributed by atoms with Gasteiger partial charge in [-0.15, -0.1) is 0 Å². The topological polar surface area (TPSA) is 98.1 Å². The average Bonchev–Trinajstić information content (AvgIpc) is 3.31. The molecule has 1 aliphatic heterocycles. The summed E-state index contributed by atoms with van der Waals surface area (Å²) in [5.74, 6) is 1.26. The summed E-state index contributed by atoms with van der Waals surface area (Å²) in [5, 5.41) is 2.75. The van der Waals surface area contributed by atoms with Crippen molar-refractivity contribution >= 4 is 15.9 Å². The number of para-hydroxylation sites is 2. The minimum atomic E-state index is -3.92. The number of carbonyl (C=O) groups excluding carboxylic acids is 1. The van der Waals surface area contributed by atoms with E-state index in [1.807, 2.05) is 25.1 Å². The van der Waals surface area contributed by atoms with Gasteiger partial charge >= 0.3 is 0 Å². The fraction of sp³-hybridized carbons (Fsp3) is 0.261. The Labute approximate surface area is 186 Å². The lowest BCUT2D eigenvalue weighted by molar-refractivity contribution is -0.121. The number of furan rings is 1. The van der Waals surface area contributed by atoms with Gasteiger partial charge in [0.1, 0.15) is 18.5 Å². The third-order valence-corrected chi connectivity index (χ3v) is 6.79. The first kappa shape index (κ1) is 21.9. The first-order valence-corrected chi connectivity index (χ1v) is 11.6. The first-order chi connectivity index (χ1) is 15.4. The minimum absolute atomic E-state index is 0.0625. The Balaban J connectivity index is 1.42. The van der Waals surface area contributed by atoms with E-state index in [4.69, 9.17) is 13.9 Å². The number of amides is 1. The van der Waals surface area contributed by atoms with Crippen LogP contribution in [-0.4, -0.2) is 44.4 Å². The maximum absolute atomic E-state index is 13.2. The number of sulfonamides is 1. The van der Waals surface area contributed by atoms with E-state index in [0.29, 0.717) is 17.3 Å². The molecule has 2 heterocycles. The van der Waals surface area contributed by atoms with Gasteiger partial charge in [-0.3, -0.25) is 4.79 Å². The van der Waals surface area contributed by atoms with Gasteiger partial charge in [-0.25, -0.2) is 8.42 Å². The quantitative estimate of drug-likeness (QED) is 0.560. The van der Waals surface area contributed by atoms with Gasteiger partial charge in [0.2, 0.25) is 15.9 Å². The number of hydrogen-bond acceptors (Lipinski definition) is 6. The van der Waals surface area contributed by atoms with Crippen LogP contribution >= 0.6 is 0 Å². The predicted molar refractivity (Wildman–Crippen MR) is 117 cm³/mol. The Kier molecular flexibility index (Phi) is 6.48. The van der Waals surface area contributed by atoms with Gasteiger partial charge in [0, 0.05) is 0 Å². The van der Waals surface area contributed by atoms with Crippen LogP contribution in [0, 0.1) is 6.92 Å². The molecule has 2 aromatic carbocycles. The van der Waals surface area contributed by atoms with E-state index < -0.39 is 15.9 Å². The fourth-order valence-electron chi connectivity index (χ4n) is 3.27. The molecular weight excluding hydrogens is 432 g/mol. The third kappa shape index (κ3) is 5.12. The number of hydrogen-bond donors (Lipinski definition) is 1. The standard InChI is InChI=1S/C23H24N2O6S/c1-17-8-10-20(11-9-17)32(27,28)25(14-18-5-4-12-29-18)15-23(26)24-13-19-16-30-21-6-2-3-7-22(21)31-19/h2-12,19H,13-16H2,1H3,(H,24,26). The Hall–Kier alpha value is -3.30.